The molecule has 0 aromatic heterocycles. The highest BCUT2D eigenvalue weighted by Crippen LogP contribution is 2.37. The van der Waals surface area contributed by atoms with Crippen molar-refractivity contribution in [2.24, 2.45) is 5.92 Å². The fourth-order valence-electron chi connectivity index (χ4n) is 3.63. The first kappa shape index (κ1) is 16.0. The Balaban J connectivity index is 1.84. The summed E-state index contributed by atoms with van der Waals surface area (Å²) in [7, 11) is -3.22. The normalized spacial score (nSPS) is 26.6. The molecule has 2 saturated heterocycles. The summed E-state index contributed by atoms with van der Waals surface area (Å²) in [5, 5.41) is 0. The SMILES string of the molecule is Cc1cccc([C@H]2CCCN2S(=O)(=O)C[C@H]2CCOC2)c1C. The molecule has 2 atom stereocenters. The molecule has 0 radical (unpaired) electrons. The lowest BCUT2D eigenvalue weighted by Crippen LogP contribution is -2.35. The molecule has 0 spiro atoms. The second-order valence-corrected chi connectivity index (χ2v) is 8.53. The molecule has 2 aliphatic rings. The average molecular weight is 323 g/mol. The number of sulfonamides is 1. The minimum Gasteiger partial charge on any atom is -0.381 e. The molecule has 22 heavy (non-hydrogen) atoms. The van der Waals surface area contributed by atoms with Crippen LogP contribution in [0.25, 0.3) is 0 Å². The maximum atomic E-state index is 12.8. The Morgan fingerprint density at radius 2 is 2.09 bits per heavy atom. The smallest absolute Gasteiger partial charge is 0.215 e. The van der Waals surface area contributed by atoms with Gasteiger partial charge in [-0.25, -0.2) is 8.42 Å². The van der Waals surface area contributed by atoms with Crippen LogP contribution in [0.5, 0.6) is 0 Å². The van der Waals surface area contributed by atoms with Gasteiger partial charge in [0.2, 0.25) is 10.0 Å². The number of aryl methyl sites for hydroxylation is 1. The first-order valence-electron chi connectivity index (χ1n) is 8.12. The monoisotopic (exact) mass is 323 g/mol. The van der Waals surface area contributed by atoms with Crippen molar-refractivity contribution in [3.8, 4) is 0 Å². The largest absolute Gasteiger partial charge is 0.381 e. The average Bonchev–Trinajstić information content (AvgIpc) is 3.12. The number of nitrogens with zero attached hydrogens (tertiary/aromatic N) is 1. The fourth-order valence-corrected chi connectivity index (χ4v) is 5.69. The van der Waals surface area contributed by atoms with E-state index in [0.717, 1.165) is 19.3 Å². The predicted octanol–water partition coefficient (Wildman–Crippen LogP) is 2.81. The van der Waals surface area contributed by atoms with E-state index in [1.54, 1.807) is 4.31 Å². The summed E-state index contributed by atoms with van der Waals surface area (Å²) < 4.78 is 32.8. The summed E-state index contributed by atoms with van der Waals surface area (Å²) in [6.45, 7) is 6.11. The summed E-state index contributed by atoms with van der Waals surface area (Å²) in [6.07, 6.45) is 2.73. The highest BCUT2D eigenvalue weighted by atomic mass is 32.2. The topological polar surface area (TPSA) is 46.6 Å². The van der Waals surface area contributed by atoms with Gasteiger partial charge in [-0.3, -0.25) is 0 Å². The van der Waals surface area contributed by atoms with Gasteiger partial charge in [-0.15, -0.1) is 0 Å². The fraction of sp³-hybridized carbons (Fsp3) is 0.647. The Bertz CT molecular complexity index is 635. The van der Waals surface area contributed by atoms with E-state index in [9.17, 15) is 8.42 Å². The van der Waals surface area contributed by atoms with Crippen LogP contribution < -0.4 is 0 Å². The van der Waals surface area contributed by atoms with Crippen molar-refractivity contribution < 1.29 is 13.2 Å². The lowest BCUT2D eigenvalue weighted by Gasteiger charge is -2.27. The molecule has 2 aliphatic heterocycles. The van der Waals surface area contributed by atoms with Gasteiger partial charge in [-0.1, -0.05) is 18.2 Å². The minimum absolute atomic E-state index is 0.00669. The standard InChI is InChI=1S/C17H25NO3S/c1-13-5-3-6-16(14(13)2)17-7-4-9-18(17)22(19,20)12-15-8-10-21-11-15/h3,5-6,15,17H,4,7-12H2,1-2H3/t15-,17+/m0/s1. The van der Waals surface area contributed by atoms with Gasteiger partial charge in [-0.05, 0) is 55.7 Å². The number of benzene rings is 1. The lowest BCUT2D eigenvalue weighted by molar-refractivity contribution is 0.188. The summed E-state index contributed by atoms with van der Waals surface area (Å²) in [6, 6.07) is 6.21. The van der Waals surface area contributed by atoms with Crippen molar-refractivity contribution in [3.05, 3.63) is 34.9 Å². The van der Waals surface area contributed by atoms with Crippen LogP contribution in [0, 0.1) is 19.8 Å². The molecule has 0 amide bonds. The van der Waals surface area contributed by atoms with Crippen LogP contribution in [-0.2, 0) is 14.8 Å². The van der Waals surface area contributed by atoms with Crippen LogP contribution in [0.3, 0.4) is 0 Å². The molecule has 0 aliphatic carbocycles. The zero-order chi connectivity index (χ0) is 15.7. The van der Waals surface area contributed by atoms with Crippen LogP contribution in [0.4, 0.5) is 0 Å². The Hall–Kier alpha value is -0.910. The summed E-state index contributed by atoms with van der Waals surface area (Å²) in [4.78, 5) is 0. The second kappa shape index (κ2) is 6.30. The first-order valence-corrected chi connectivity index (χ1v) is 9.73. The van der Waals surface area contributed by atoms with Crippen LogP contribution in [0.1, 0.15) is 42.0 Å². The van der Waals surface area contributed by atoms with Gasteiger partial charge in [0, 0.05) is 13.2 Å². The molecule has 0 saturated carbocycles. The molecule has 2 heterocycles. The van der Waals surface area contributed by atoms with E-state index in [-0.39, 0.29) is 17.7 Å². The third-order valence-corrected chi connectivity index (χ3v) is 7.08. The third kappa shape index (κ3) is 3.07. The Morgan fingerprint density at radius 1 is 1.27 bits per heavy atom. The summed E-state index contributed by atoms with van der Waals surface area (Å²) in [5.74, 6) is 0.388. The number of hydrogen-bond donors (Lipinski definition) is 0. The minimum atomic E-state index is -3.22. The molecular formula is C17H25NO3S. The van der Waals surface area contributed by atoms with E-state index in [0.29, 0.717) is 19.8 Å². The Labute approximate surface area is 133 Å². The van der Waals surface area contributed by atoms with Gasteiger partial charge in [0.05, 0.1) is 18.4 Å². The van der Waals surface area contributed by atoms with Gasteiger partial charge in [0.25, 0.3) is 0 Å². The first-order chi connectivity index (χ1) is 10.5. The van der Waals surface area contributed by atoms with Crippen molar-refractivity contribution in [3.63, 3.8) is 0 Å². The summed E-state index contributed by atoms with van der Waals surface area (Å²) in [5.41, 5.74) is 3.62. The molecule has 1 aromatic rings. The number of rotatable bonds is 4. The van der Waals surface area contributed by atoms with E-state index in [2.05, 4.69) is 26.0 Å². The van der Waals surface area contributed by atoms with Crippen LogP contribution in [0.2, 0.25) is 0 Å². The zero-order valence-electron chi connectivity index (χ0n) is 13.4. The third-order valence-electron chi connectivity index (χ3n) is 5.04. The molecule has 122 valence electrons. The van der Waals surface area contributed by atoms with E-state index in [1.165, 1.54) is 16.7 Å². The van der Waals surface area contributed by atoms with Crippen molar-refractivity contribution in [1.82, 2.24) is 4.31 Å². The van der Waals surface area contributed by atoms with Crippen molar-refractivity contribution in [1.29, 1.82) is 0 Å². The van der Waals surface area contributed by atoms with Gasteiger partial charge < -0.3 is 4.74 Å². The quantitative estimate of drug-likeness (QED) is 0.856. The second-order valence-electron chi connectivity index (χ2n) is 6.57. The van der Waals surface area contributed by atoms with Gasteiger partial charge in [-0.2, -0.15) is 4.31 Å². The molecule has 0 N–H and O–H groups in total. The van der Waals surface area contributed by atoms with Gasteiger partial charge >= 0.3 is 0 Å². The molecule has 0 bridgehead atoms. The maximum Gasteiger partial charge on any atom is 0.215 e. The molecular weight excluding hydrogens is 298 g/mol. The highest BCUT2D eigenvalue weighted by Gasteiger charge is 2.37. The van der Waals surface area contributed by atoms with Gasteiger partial charge in [0.1, 0.15) is 0 Å². The highest BCUT2D eigenvalue weighted by molar-refractivity contribution is 7.89. The molecule has 4 nitrogen and oxygen atoms in total. The van der Waals surface area contributed by atoms with E-state index >= 15 is 0 Å². The number of ether oxygens (including phenoxy) is 1. The predicted molar refractivity (Wildman–Crippen MR) is 87.3 cm³/mol. The Kier molecular flexibility index (Phi) is 4.57. The van der Waals surface area contributed by atoms with E-state index in [1.807, 2.05) is 6.07 Å². The van der Waals surface area contributed by atoms with Crippen LogP contribution in [-0.4, -0.2) is 38.2 Å². The van der Waals surface area contributed by atoms with E-state index < -0.39 is 10.0 Å². The Morgan fingerprint density at radius 3 is 2.82 bits per heavy atom. The van der Waals surface area contributed by atoms with Gasteiger partial charge in [0.15, 0.2) is 0 Å². The molecule has 5 heteroatoms. The van der Waals surface area contributed by atoms with Crippen molar-refractivity contribution in [2.45, 2.75) is 39.2 Å². The maximum absolute atomic E-state index is 12.8. The molecule has 2 fully saturated rings. The zero-order valence-corrected chi connectivity index (χ0v) is 14.2. The van der Waals surface area contributed by atoms with Crippen LogP contribution >= 0.6 is 0 Å². The van der Waals surface area contributed by atoms with Crippen molar-refractivity contribution >= 4 is 10.0 Å². The van der Waals surface area contributed by atoms with Crippen molar-refractivity contribution in [2.75, 3.05) is 25.5 Å². The molecule has 0 unspecified atom stereocenters. The molecule has 1 aromatic carbocycles. The summed E-state index contributed by atoms with van der Waals surface area (Å²) >= 11 is 0. The lowest BCUT2D eigenvalue weighted by atomic mass is 9.97. The molecule has 3 rings (SSSR count). The van der Waals surface area contributed by atoms with Crippen LogP contribution in [0.15, 0.2) is 18.2 Å². The number of hydrogen-bond acceptors (Lipinski definition) is 3. The van der Waals surface area contributed by atoms with E-state index in [4.69, 9.17) is 4.74 Å².